The molecule has 0 aliphatic carbocycles. The molecule has 0 aromatic heterocycles. The molecule has 18 heavy (non-hydrogen) atoms. The normalized spacial score (nSPS) is 10.6. The van der Waals surface area contributed by atoms with Crippen LogP contribution in [0.2, 0.25) is 0 Å². The number of esters is 1. The molecule has 0 aliphatic rings. The summed E-state index contributed by atoms with van der Waals surface area (Å²) in [6.45, 7) is 3.80. The Balaban J connectivity index is 2.60. The maximum atomic E-state index is 11.3. The fraction of sp³-hybridized carbons (Fsp3) is 0.267. The zero-order valence-corrected chi connectivity index (χ0v) is 10.8. The molecule has 0 atom stereocenters. The number of carbonyl (C=O) groups is 1. The molecule has 2 rings (SSSR count). The third-order valence-corrected chi connectivity index (χ3v) is 3.19. The van der Waals surface area contributed by atoms with Crippen LogP contribution in [0.15, 0.2) is 24.3 Å². The number of aromatic hydroxyl groups is 1. The van der Waals surface area contributed by atoms with Gasteiger partial charge in [0.05, 0.1) is 13.5 Å². The molecule has 3 nitrogen and oxygen atoms in total. The second-order valence-corrected chi connectivity index (χ2v) is 4.49. The number of methoxy groups -OCH3 is 1. The van der Waals surface area contributed by atoms with E-state index in [0.717, 1.165) is 27.5 Å². The van der Waals surface area contributed by atoms with Gasteiger partial charge in [0.1, 0.15) is 5.75 Å². The van der Waals surface area contributed by atoms with Gasteiger partial charge in [-0.2, -0.15) is 0 Å². The molecule has 2 aromatic rings. The number of ether oxygens (including phenoxy) is 1. The quantitative estimate of drug-likeness (QED) is 0.826. The summed E-state index contributed by atoms with van der Waals surface area (Å²) in [4.78, 5) is 11.3. The minimum atomic E-state index is -0.302. The number of carbonyl (C=O) groups excluding carboxylic acids is 1. The molecular weight excluding hydrogens is 228 g/mol. The molecule has 1 N–H and O–H groups in total. The summed E-state index contributed by atoms with van der Waals surface area (Å²) < 4.78 is 4.66. The average molecular weight is 244 g/mol. The minimum Gasteiger partial charge on any atom is -0.507 e. The average Bonchev–Trinajstić information content (AvgIpc) is 2.36. The van der Waals surface area contributed by atoms with Crippen molar-refractivity contribution in [2.45, 2.75) is 20.3 Å². The van der Waals surface area contributed by atoms with Crippen molar-refractivity contribution in [3.05, 3.63) is 41.0 Å². The monoisotopic (exact) mass is 244 g/mol. The van der Waals surface area contributed by atoms with E-state index in [2.05, 4.69) is 4.74 Å². The summed E-state index contributed by atoms with van der Waals surface area (Å²) in [5.74, 6) is -0.0564. The van der Waals surface area contributed by atoms with E-state index in [-0.39, 0.29) is 18.1 Å². The van der Waals surface area contributed by atoms with E-state index in [0.29, 0.717) is 0 Å². The van der Waals surface area contributed by atoms with Crippen LogP contribution < -0.4 is 0 Å². The predicted octanol–water partition coefficient (Wildman–Crippen LogP) is 2.88. The molecule has 0 spiro atoms. The first-order chi connectivity index (χ1) is 8.52. The Labute approximate surface area is 106 Å². The third-order valence-electron chi connectivity index (χ3n) is 3.19. The Kier molecular flexibility index (Phi) is 3.24. The largest absolute Gasteiger partial charge is 0.507 e. The van der Waals surface area contributed by atoms with Gasteiger partial charge in [-0.05, 0) is 36.4 Å². The van der Waals surface area contributed by atoms with Crippen LogP contribution in [-0.4, -0.2) is 18.2 Å². The molecule has 94 valence electrons. The van der Waals surface area contributed by atoms with Crippen molar-refractivity contribution in [2.75, 3.05) is 7.11 Å². The van der Waals surface area contributed by atoms with E-state index >= 15 is 0 Å². The van der Waals surface area contributed by atoms with Gasteiger partial charge in [-0.15, -0.1) is 0 Å². The van der Waals surface area contributed by atoms with Crippen LogP contribution in [0.1, 0.15) is 16.7 Å². The van der Waals surface area contributed by atoms with Gasteiger partial charge < -0.3 is 9.84 Å². The molecule has 0 heterocycles. The molecule has 0 aliphatic heterocycles. The number of hydrogen-bond donors (Lipinski definition) is 1. The van der Waals surface area contributed by atoms with Gasteiger partial charge in [-0.1, -0.05) is 23.8 Å². The second-order valence-electron chi connectivity index (χ2n) is 4.49. The molecule has 0 amide bonds. The van der Waals surface area contributed by atoms with E-state index < -0.39 is 0 Å². The van der Waals surface area contributed by atoms with Crippen molar-refractivity contribution in [3.63, 3.8) is 0 Å². The summed E-state index contributed by atoms with van der Waals surface area (Å²) in [6, 6.07) is 7.81. The molecular formula is C15H16O3. The highest BCUT2D eigenvalue weighted by Gasteiger charge is 2.12. The standard InChI is InChI=1S/C15H16O3/c1-9-4-5-11-7-12(8-14(16)18-3)10(2)15(17)13(11)6-9/h4-7,17H,8H2,1-3H3. The SMILES string of the molecule is COC(=O)Cc1cc2ccc(C)cc2c(O)c1C. The number of phenolic OH excluding ortho intramolecular Hbond substituents is 1. The molecule has 2 aromatic carbocycles. The van der Waals surface area contributed by atoms with Gasteiger partial charge in [0.25, 0.3) is 0 Å². The van der Waals surface area contributed by atoms with E-state index in [1.165, 1.54) is 7.11 Å². The van der Waals surface area contributed by atoms with Crippen LogP contribution in [-0.2, 0) is 16.0 Å². The zero-order chi connectivity index (χ0) is 13.3. The number of hydrogen-bond acceptors (Lipinski definition) is 3. The predicted molar refractivity (Wildman–Crippen MR) is 70.8 cm³/mol. The Hall–Kier alpha value is -2.03. The Morgan fingerprint density at radius 1 is 1.28 bits per heavy atom. The lowest BCUT2D eigenvalue weighted by Crippen LogP contribution is -2.06. The summed E-state index contributed by atoms with van der Waals surface area (Å²) in [5.41, 5.74) is 2.63. The van der Waals surface area contributed by atoms with Crippen molar-refractivity contribution in [2.24, 2.45) is 0 Å². The molecule has 0 fully saturated rings. The first-order valence-corrected chi connectivity index (χ1v) is 5.81. The van der Waals surface area contributed by atoms with Gasteiger partial charge in [0.15, 0.2) is 0 Å². The molecule has 3 heteroatoms. The Morgan fingerprint density at radius 3 is 2.67 bits per heavy atom. The summed E-state index contributed by atoms with van der Waals surface area (Å²) in [5, 5.41) is 12.0. The molecule has 0 bridgehead atoms. The lowest BCUT2D eigenvalue weighted by atomic mass is 9.97. The van der Waals surface area contributed by atoms with Crippen LogP contribution in [0, 0.1) is 13.8 Å². The van der Waals surface area contributed by atoms with Crippen LogP contribution in [0.25, 0.3) is 10.8 Å². The summed E-state index contributed by atoms with van der Waals surface area (Å²) >= 11 is 0. The topological polar surface area (TPSA) is 46.5 Å². The smallest absolute Gasteiger partial charge is 0.309 e. The van der Waals surface area contributed by atoms with Gasteiger partial charge >= 0.3 is 5.97 Å². The first kappa shape index (κ1) is 12.4. The molecule has 0 radical (unpaired) electrons. The van der Waals surface area contributed by atoms with Gasteiger partial charge in [-0.25, -0.2) is 0 Å². The number of benzene rings is 2. The van der Waals surface area contributed by atoms with Gasteiger partial charge in [0.2, 0.25) is 0 Å². The molecule has 0 saturated carbocycles. The summed E-state index contributed by atoms with van der Waals surface area (Å²) in [6.07, 6.45) is 0.180. The maximum absolute atomic E-state index is 11.3. The van der Waals surface area contributed by atoms with Crippen molar-refractivity contribution in [1.82, 2.24) is 0 Å². The van der Waals surface area contributed by atoms with Crippen molar-refractivity contribution in [3.8, 4) is 5.75 Å². The highest BCUT2D eigenvalue weighted by Crippen LogP contribution is 2.32. The van der Waals surface area contributed by atoms with Gasteiger partial charge in [0, 0.05) is 5.39 Å². The van der Waals surface area contributed by atoms with E-state index in [4.69, 9.17) is 0 Å². The van der Waals surface area contributed by atoms with Crippen LogP contribution in [0.4, 0.5) is 0 Å². The lowest BCUT2D eigenvalue weighted by molar-refractivity contribution is -0.139. The number of phenols is 1. The number of aryl methyl sites for hydroxylation is 1. The van der Waals surface area contributed by atoms with Crippen LogP contribution in [0.5, 0.6) is 5.75 Å². The van der Waals surface area contributed by atoms with E-state index in [9.17, 15) is 9.90 Å². The van der Waals surface area contributed by atoms with Crippen molar-refractivity contribution < 1.29 is 14.6 Å². The summed E-state index contributed by atoms with van der Waals surface area (Å²) in [7, 11) is 1.36. The Morgan fingerprint density at radius 2 is 2.00 bits per heavy atom. The third kappa shape index (κ3) is 2.16. The lowest BCUT2D eigenvalue weighted by Gasteiger charge is -2.11. The number of rotatable bonds is 2. The fourth-order valence-corrected chi connectivity index (χ4v) is 2.06. The van der Waals surface area contributed by atoms with Crippen LogP contribution in [0.3, 0.4) is 0 Å². The fourth-order valence-electron chi connectivity index (χ4n) is 2.06. The highest BCUT2D eigenvalue weighted by atomic mass is 16.5. The van der Waals surface area contributed by atoms with Crippen LogP contribution >= 0.6 is 0 Å². The molecule has 0 saturated heterocycles. The van der Waals surface area contributed by atoms with Crippen molar-refractivity contribution in [1.29, 1.82) is 0 Å². The second kappa shape index (κ2) is 4.69. The Bertz CT molecular complexity index is 615. The maximum Gasteiger partial charge on any atom is 0.309 e. The minimum absolute atomic E-state index is 0.180. The first-order valence-electron chi connectivity index (χ1n) is 5.81. The highest BCUT2D eigenvalue weighted by molar-refractivity contribution is 5.91. The van der Waals surface area contributed by atoms with Gasteiger partial charge in [-0.3, -0.25) is 4.79 Å². The van der Waals surface area contributed by atoms with Crippen molar-refractivity contribution >= 4 is 16.7 Å². The zero-order valence-electron chi connectivity index (χ0n) is 10.8. The van der Waals surface area contributed by atoms with E-state index in [1.54, 1.807) is 0 Å². The molecule has 0 unspecified atom stereocenters. The number of fused-ring (bicyclic) bond motifs is 1. The van der Waals surface area contributed by atoms with E-state index in [1.807, 2.05) is 38.1 Å².